The number of rotatable bonds is 7. The van der Waals surface area contributed by atoms with Gasteiger partial charge < -0.3 is 19.5 Å². The molecule has 2 rings (SSSR count). The number of hydrogen-bond acceptors (Lipinski definition) is 5. The van der Waals surface area contributed by atoms with Crippen LogP contribution in [0.15, 0.2) is 36.4 Å². The van der Waals surface area contributed by atoms with Crippen molar-refractivity contribution >= 4 is 17.4 Å². The summed E-state index contributed by atoms with van der Waals surface area (Å²) in [5.41, 5.74) is 1.51. The van der Waals surface area contributed by atoms with E-state index in [1.54, 1.807) is 31.4 Å². The molecule has 0 fully saturated rings. The summed E-state index contributed by atoms with van der Waals surface area (Å²) in [6.45, 7) is 1.42. The van der Waals surface area contributed by atoms with Gasteiger partial charge in [0, 0.05) is 12.1 Å². The van der Waals surface area contributed by atoms with Gasteiger partial charge in [-0.3, -0.25) is 9.59 Å². The van der Waals surface area contributed by atoms with Gasteiger partial charge in [0.05, 0.1) is 39.0 Å². The van der Waals surface area contributed by atoms with E-state index in [0.717, 1.165) is 11.3 Å². The Hall–Kier alpha value is -3.02. The lowest BCUT2D eigenvalue weighted by Gasteiger charge is -2.15. The Morgan fingerprint density at radius 2 is 1.56 bits per heavy atom. The molecule has 132 valence electrons. The molecule has 6 nitrogen and oxygen atoms in total. The maximum atomic E-state index is 12.4. The number of anilines is 1. The molecule has 0 aromatic heterocycles. The van der Waals surface area contributed by atoms with E-state index in [9.17, 15) is 9.59 Å². The van der Waals surface area contributed by atoms with E-state index in [1.807, 2.05) is 12.1 Å². The van der Waals surface area contributed by atoms with Crippen LogP contribution in [0.4, 0.5) is 5.69 Å². The first kappa shape index (κ1) is 18.3. The van der Waals surface area contributed by atoms with E-state index in [2.05, 4.69) is 5.32 Å². The quantitative estimate of drug-likeness (QED) is 0.782. The lowest BCUT2D eigenvalue weighted by molar-refractivity contribution is -0.115. The van der Waals surface area contributed by atoms with Crippen LogP contribution in [0.5, 0.6) is 17.2 Å². The molecule has 0 unspecified atom stereocenters. The van der Waals surface area contributed by atoms with E-state index in [1.165, 1.54) is 21.1 Å². The van der Waals surface area contributed by atoms with Gasteiger partial charge in [-0.1, -0.05) is 12.1 Å². The number of benzene rings is 2. The van der Waals surface area contributed by atoms with Gasteiger partial charge in [-0.2, -0.15) is 0 Å². The van der Waals surface area contributed by atoms with Gasteiger partial charge in [0.15, 0.2) is 5.78 Å². The summed E-state index contributed by atoms with van der Waals surface area (Å²) in [5.74, 6) is 1.11. The summed E-state index contributed by atoms with van der Waals surface area (Å²) in [7, 11) is 4.55. The molecule has 1 N–H and O–H groups in total. The fourth-order valence-electron chi connectivity index (χ4n) is 2.45. The Kier molecular flexibility index (Phi) is 6.00. The fourth-order valence-corrected chi connectivity index (χ4v) is 2.45. The van der Waals surface area contributed by atoms with Crippen LogP contribution in [-0.4, -0.2) is 33.0 Å². The molecule has 0 heterocycles. The van der Waals surface area contributed by atoms with Crippen molar-refractivity contribution in [3.8, 4) is 17.2 Å². The summed E-state index contributed by atoms with van der Waals surface area (Å²) in [6, 6.07) is 10.4. The highest BCUT2D eigenvalue weighted by atomic mass is 16.5. The molecular weight excluding hydrogens is 322 g/mol. The molecule has 25 heavy (non-hydrogen) atoms. The zero-order chi connectivity index (χ0) is 18.4. The number of hydrogen-bond donors (Lipinski definition) is 1. The molecule has 6 heteroatoms. The number of ether oxygens (including phenoxy) is 3. The van der Waals surface area contributed by atoms with Crippen LogP contribution in [0.25, 0.3) is 0 Å². The summed E-state index contributed by atoms with van der Waals surface area (Å²) in [4.78, 5) is 24.3. The van der Waals surface area contributed by atoms with Crippen LogP contribution in [0.1, 0.15) is 22.8 Å². The first-order valence-electron chi connectivity index (χ1n) is 7.68. The third kappa shape index (κ3) is 4.50. The number of carbonyl (C=O) groups excluding carboxylic acids is 2. The van der Waals surface area contributed by atoms with Gasteiger partial charge >= 0.3 is 0 Å². The zero-order valence-corrected chi connectivity index (χ0v) is 14.7. The van der Waals surface area contributed by atoms with Crippen LogP contribution in [-0.2, 0) is 11.2 Å². The number of ketones is 1. The molecule has 0 aliphatic rings. The third-order valence-electron chi connectivity index (χ3n) is 3.68. The smallest absolute Gasteiger partial charge is 0.228 e. The molecule has 0 spiro atoms. The van der Waals surface area contributed by atoms with Crippen LogP contribution in [0.3, 0.4) is 0 Å². The number of methoxy groups -OCH3 is 3. The van der Waals surface area contributed by atoms with E-state index in [4.69, 9.17) is 14.2 Å². The molecule has 2 aromatic carbocycles. The average Bonchev–Trinajstić information content (AvgIpc) is 2.61. The minimum Gasteiger partial charge on any atom is -0.497 e. The minimum absolute atomic E-state index is 0.168. The van der Waals surface area contributed by atoms with Crippen LogP contribution < -0.4 is 19.5 Å². The Morgan fingerprint density at radius 1 is 0.920 bits per heavy atom. The van der Waals surface area contributed by atoms with Gasteiger partial charge in [-0.15, -0.1) is 0 Å². The zero-order valence-electron chi connectivity index (χ0n) is 14.7. The third-order valence-corrected chi connectivity index (χ3v) is 3.68. The minimum atomic E-state index is -0.247. The van der Waals surface area contributed by atoms with Crippen molar-refractivity contribution in [2.24, 2.45) is 0 Å². The number of Topliss-reactive ketones (excluding diaryl/α,β-unsaturated/α-hetero) is 1. The second-order valence-corrected chi connectivity index (χ2v) is 5.38. The number of amides is 1. The van der Waals surface area contributed by atoms with Gasteiger partial charge in [-0.25, -0.2) is 0 Å². The first-order chi connectivity index (χ1) is 12.0. The lowest BCUT2D eigenvalue weighted by Crippen LogP contribution is -2.17. The molecule has 0 aliphatic heterocycles. The van der Waals surface area contributed by atoms with Gasteiger partial charge in [0.1, 0.15) is 17.2 Å². The maximum Gasteiger partial charge on any atom is 0.228 e. The second-order valence-electron chi connectivity index (χ2n) is 5.38. The average molecular weight is 343 g/mol. The molecule has 0 bridgehead atoms. The molecular formula is C19H21NO5. The topological polar surface area (TPSA) is 73.9 Å². The standard InChI is InChI=1S/C19H21NO5/c1-12(21)19-16(10-15(24-3)11-17(19)25-4)20-18(22)9-13-5-7-14(23-2)8-6-13/h5-8,10-11H,9H2,1-4H3,(H,20,22). The molecule has 1 amide bonds. The largest absolute Gasteiger partial charge is 0.497 e. The lowest BCUT2D eigenvalue weighted by atomic mass is 10.1. The summed E-state index contributed by atoms with van der Waals surface area (Å²) in [6.07, 6.45) is 0.168. The van der Waals surface area contributed by atoms with Crippen LogP contribution in [0.2, 0.25) is 0 Å². The van der Waals surface area contributed by atoms with Gasteiger partial charge in [0.2, 0.25) is 5.91 Å². The highest BCUT2D eigenvalue weighted by Gasteiger charge is 2.18. The number of nitrogens with one attached hydrogen (secondary N) is 1. The van der Waals surface area contributed by atoms with Gasteiger partial charge in [0.25, 0.3) is 0 Å². The fraction of sp³-hybridized carbons (Fsp3) is 0.263. The van der Waals surface area contributed by atoms with Crippen molar-refractivity contribution < 1.29 is 23.8 Å². The van der Waals surface area contributed by atoms with E-state index >= 15 is 0 Å². The van der Waals surface area contributed by atoms with Crippen molar-refractivity contribution in [2.75, 3.05) is 26.6 Å². The normalized spacial score (nSPS) is 10.1. The van der Waals surface area contributed by atoms with Crippen molar-refractivity contribution in [1.29, 1.82) is 0 Å². The summed E-state index contributed by atoms with van der Waals surface area (Å²) in [5, 5.41) is 2.77. The number of carbonyl (C=O) groups is 2. The monoisotopic (exact) mass is 343 g/mol. The van der Waals surface area contributed by atoms with E-state index in [0.29, 0.717) is 22.7 Å². The molecule has 0 radical (unpaired) electrons. The van der Waals surface area contributed by atoms with Crippen molar-refractivity contribution in [2.45, 2.75) is 13.3 Å². The molecule has 0 saturated carbocycles. The summed E-state index contributed by atoms with van der Waals surface area (Å²) >= 11 is 0. The molecule has 0 aliphatic carbocycles. The van der Waals surface area contributed by atoms with E-state index in [-0.39, 0.29) is 18.1 Å². The summed E-state index contributed by atoms with van der Waals surface area (Å²) < 4.78 is 15.5. The van der Waals surface area contributed by atoms with Gasteiger partial charge in [-0.05, 0) is 24.6 Å². The first-order valence-corrected chi connectivity index (χ1v) is 7.68. The Labute approximate surface area is 146 Å². The molecule has 2 aromatic rings. The molecule has 0 atom stereocenters. The predicted molar refractivity (Wildman–Crippen MR) is 94.9 cm³/mol. The predicted octanol–water partition coefficient (Wildman–Crippen LogP) is 3.10. The SMILES string of the molecule is COc1ccc(CC(=O)Nc2cc(OC)cc(OC)c2C(C)=O)cc1. The highest BCUT2D eigenvalue weighted by molar-refractivity contribution is 6.06. The Bertz CT molecular complexity index is 768. The maximum absolute atomic E-state index is 12.4. The van der Waals surface area contributed by atoms with Crippen LogP contribution >= 0.6 is 0 Å². The molecule has 0 saturated heterocycles. The van der Waals surface area contributed by atoms with Crippen LogP contribution in [0, 0.1) is 0 Å². The van der Waals surface area contributed by atoms with Crippen molar-refractivity contribution in [3.05, 3.63) is 47.5 Å². The Morgan fingerprint density at radius 3 is 2.08 bits per heavy atom. The Balaban J connectivity index is 2.25. The van der Waals surface area contributed by atoms with Crippen molar-refractivity contribution in [3.63, 3.8) is 0 Å². The van der Waals surface area contributed by atoms with E-state index < -0.39 is 0 Å². The second kappa shape index (κ2) is 8.19. The van der Waals surface area contributed by atoms with Crippen molar-refractivity contribution in [1.82, 2.24) is 0 Å². The highest BCUT2D eigenvalue weighted by Crippen LogP contribution is 2.33.